The molecule has 180 valence electrons. The zero-order chi connectivity index (χ0) is 24.4. The lowest BCUT2D eigenvalue weighted by Crippen LogP contribution is -2.27. The molecule has 2 aromatic rings. The molecule has 0 atom stereocenters. The lowest BCUT2D eigenvalue weighted by Gasteiger charge is -2.23. The van der Waals surface area contributed by atoms with E-state index >= 15 is 0 Å². The average Bonchev–Trinajstić information content (AvgIpc) is 2.79. The molecule has 0 radical (unpaired) electrons. The smallest absolute Gasteiger partial charge is 0.410 e. The van der Waals surface area contributed by atoms with Crippen molar-refractivity contribution in [1.82, 2.24) is 9.80 Å². The number of methoxy groups -OCH3 is 1. The Labute approximate surface area is 196 Å². The first-order valence-corrected chi connectivity index (χ1v) is 10.9. The highest BCUT2D eigenvalue weighted by Gasteiger charge is 2.24. The van der Waals surface area contributed by atoms with E-state index < -0.39 is 12.2 Å². The van der Waals surface area contributed by atoms with E-state index in [0.29, 0.717) is 44.2 Å². The molecule has 0 unspecified atom stereocenters. The molecule has 0 aliphatic carbocycles. The Morgan fingerprint density at radius 2 is 1.42 bits per heavy atom. The summed E-state index contributed by atoms with van der Waals surface area (Å²) in [5, 5.41) is 0. The maximum atomic E-state index is 12.5. The summed E-state index contributed by atoms with van der Waals surface area (Å²) in [6.45, 7) is 3.40. The predicted octanol–water partition coefficient (Wildman–Crippen LogP) is 4.24. The van der Waals surface area contributed by atoms with E-state index in [4.69, 9.17) is 18.9 Å². The van der Waals surface area contributed by atoms with Crippen LogP contribution in [0.5, 0.6) is 11.5 Å². The highest BCUT2D eigenvalue weighted by Crippen LogP contribution is 2.41. The highest BCUT2D eigenvalue weighted by molar-refractivity contribution is 5.82. The SMILES string of the molecule is CCc1c(OC(=O)N(C)C)cc(OC(=O)N(C)C)c(-c2ccccc2)c1CCOCCOC. The van der Waals surface area contributed by atoms with Crippen LogP contribution >= 0.6 is 0 Å². The van der Waals surface area contributed by atoms with Crippen molar-refractivity contribution in [3.63, 3.8) is 0 Å². The minimum absolute atomic E-state index is 0.325. The van der Waals surface area contributed by atoms with Gasteiger partial charge in [0.25, 0.3) is 0 Å². The largest absolute Gasteiger partial charge is 0.414 e. The standard InChI is InChI=1S/C25H34N2O6/c1-7-19-20(13-14-31-16-15-30-6)23(18-11-9-8-10-12-18)22(33-25(29)27(4)5)17-21(19)32-24(28)26(2)3/h8-12,17H,7,13-16H2,1-6H3. The third kappa shape index (κ3) is 7.20. The van der Waals surface area contributed by atoms with Crippen LogP contribution in [0.3, 0.4) is 0 Å². The van der Waals surface area contributed by atoms with Gasteiger partial charge >= 0.3 is 12.2 Å². The van der Waals surface area contributed by atoms with E-state index in [1.807, 2.05) is 37.3 Å². The maximum absolute atomic E-state index is 12.5. The molecule has 2 amide bonds. The summed E-state index contributed by atoms with van der Waals surface area (Å²) < 4.78 is 22.2. The molecular formula is C25H34N2O6. The number of nitrogens with zero attached hydrogens (tertiary/aromatic N) is 2. The molecule has 0 aromatic heterocycles. The number of rotatable bonds is 10. The molecule has 33 heavy (non-hydrogen) atoms. The average molecular weight is 459 g/mol. The second-order valence-electron chi connectivity index (χ2n) is 7.80. The maximum Gasteiger partial charge on any atom is 0.414 e. The summed E-state index contributed by atoms with van der Waals surface area (Å²) in [6, 6.07) is 11.3. The zero-order valence-electron chi connectivity index (χ0n) is 20.3. The van der Waals surface area contributed by atoms with Gasteiger partial charge < -0.3 is 28.7 Å². The molecule has 2 aromatic carbocycles. The van der Waals surface area contributed by atoms with Crippen LogP contribution in [-0.2, 0) is 22.3 Å². The number of hydrogen-bond acceptors (Lipinski definition) is 6. The quantitative estimate of drug-likeness (QED) is 0.496. The van der Waals surface area contributed by atoms with Gasteiger partial charge in [-0.2, -0.15) is 0 Å². The van der Waals surface area contributed by atoms with Crippen LogP contribution in [0.4, 0.5) is 9.59 Å². The van der Waals surface area contributed by atoms with Crippen LogP contribution in [-0.4, -0.2) is 77.1 Å². The number of ether oxygens (including phenoxy) is 4. The fourth-order valence-electron chi connectivity index (χ4n) is 3.27. The predicted molar refractivity (Wildman–Crippen MR) is 127 cm³/mol. The van der Waals surface area contributed by atoms with E-state index in [2.05, 4.69) is 0 Å². The van der Waals surface area contributed by atoms with Gasteiger partial charge in [-0.25, -0.2) is 9.59 Å². The number of carbonyl (C=O) groups excluding carboxylic acids is 2. The summed E-state index contributed by atoms with van der Waals surface area (Å²) in [5.74, 6) is 0.690. The van der Waals surface area contributed by atoms with Crippen LogP contribution in [0.1, 0.15) is 18.1 Å². The Morgan fingerprint density at radius 3 is 1.97 bits per heavy atom. The summed E-state index contributed by atoms with van der Waals surface area (Å²) >= 11 is 0. The molecule has 0 fully saturated rings. The van der Waals surface area contributed by atoms with Gasteiger partial charge in [-0.15, -0.1) is 0 Å². The Bertz CT molecular complexity index is 928. The second-order valence-corrected chi connectivity index (χ2v) is 7.80. The minimum Gasteiger partial charge on any atom is -0.410 e. The van der Waals surface area contributed by atoms with Gasteiger partial charge in [0.1, 0.15) is 11.5 Å². The van der Waals surface area contributed by atoms with E-state index in [9.17, 15) is 9.59 Å². The lowest BCUT2D eigenvalue weighted by atomic mass is 9.90. The van der Waals surface area contributed by atoms with Crippen LogP contribution in [0.25, 0.3) is 11.1 Å². The molecule has 0 heterocycles. The summed E-state index contributed by atoms with van der Waals surface area (Å²) in [6.07, 6.45) is 0.121. The fourth-order valence-corrected chi connectivity index (χ4v) is 3.27. The van der Waals surface area contributed by atoms with E-state index in [1.165, 1.54) is 9.80 Å². The summed E-state index contributed by atoms with van der Waals surface area (Å²) in [7, 11) is 8.08. The molecule has 0 saturated heterocycles. The van der Waals surface area contributed by atoms with Crippen LogP contribution in [0, 0.1) is 0 Å². The van der Waals surface area contributed by atoms with Gasteiger partial charge in [0.05, 0.1) is 19.8 Å². The van der Waals surface area contributed by atoms with E-state index in [-0.39, 0.29) is 0 Å². The van der Waals surface area contributed by atoms with E-state index in [1.54, 1.807) is 41.4 Å². The van der Waals surface area contributed by atoms with Crippen molar-refractivity contribution in [2.75, 3.05) is 55.1 Å². The molecular weight excluding hydrogens is 424 g/mol. The van der Waals surface area contributed by atoms with Crippen molar-refractivity contribution in [2.45, 2.75) is 19.8 Å². The van der Waals surface area contributed by atoms with Crippen molar-refractivity contribution >= 4 is 12.2 Å². The third-order valence-electron chi connectivity index (χ3n) is 4.94. The molecule has 0 N–H and O–H groups in total. The summed E-state index contributed by atoms with van der Waals surface area (Å²) in [4.78, 5) is 27.6. The molecule has 0 bridgehead atoms. The monoisotopic (exact) mass is 458 g/mol. The van der Waals surface area contributed by atoms with Crippen molar-refractivity contribution < 1.29 is 28.5 Å². The zero-order valence-corrected chi connectivity index (χ0v) is 20.3. The van der Waals surface area contributed by atoms with Crippen molar-refractivity contribution in [2.24, 2.45) is 0 Å². The van der Waals surface area contributed by atoms with Gasteiger partial charge in [-0.05, 0) is 29.5 Å². The number of hydrogen-bond donors (Lipinski definition) is 0. The van der Waals surface area contributed by atoms with Crippen molar-refractivity contribution in [3.05, 3.63) is 47.5 Å². The second kappa shape index (κ2) is 12.8. The van der Waals surface area contributed by atoms with Crippen LogP contribution in [0.2, 0.25) is 0 Å². The number of amides is 2. The molecule has 2 rings (SSSR count). The highest BCUT2D eigenvalue weighted by atomic mass is 16.6. The molecule has 8 heteroatoms. The van der Waals surface area contributed by atoms with Gasteiger partial charge in [0.2, 0.25) is 0 Å². The lowest BCUT2D eigenvalue weighted by molar-refractivity contribution is 0.0722. The van der Waals surface area contributed by atoms with Crippen molar-refractivity contribution in [1.29, 1.82) is 0 Å². The third-order valence-corrected chi connectivity index (χ3v) is 4.94. The molecule has 0 saturated carbocycles. The van der Waals surface area contributed by atoms with Gasteiger partial charge in [-0.3, -0.25) is 0 Å². The van der Waals surface area contributed by atoms with E-state index in [0.717, 1.165) is 22.3 Å². The molecule has 0 aliphatic rings. The van der Waals surface area contributed by atoms with Crippen molar-refractivity contribution in [3.8, 4) is 22.6 Å². The Morgan fingerprint density at radius 1 is 0.818 bits per heavy atom. The first-order chi connectivity index (χ1) is 15.8. The summed E-state index contributed by atoms with van der Waals surface area (Å²) in [5.41, 5.74) is 3.45. The normalized spacial score (nSPS) is 10.6. The molecule has 8 nitrogen and oxygen atoms in total. The number of carbonyl (C=O) groups is 2. The first-order valence-electron chi connectivity index (χ1n) is 10.9. The Kier molecular flexibility index (Phi) is 10.2. The fraction of sp³-hybridized carbons (Fsp3) is 0.440. The molecule has 0 aliphatic heterocycles. The minimum atomic E-state index is -0.524. The van der Waals surface area contributed by atoms with Gasteiger partial charge in [0, 0.05) is 46.9 Å². The Balaban J connectivity index is 2.66. The molecule has 0 spiro atoms. The topological polar surface area (TPSA) is 77.5 Å². The van der Waals surface area contributed by atoms with Gasteiger partial charge in [0.15, 0.2) is 0 Å². The van der Waals surface area contributed by atoms with Crippen LogP contribution in [0.15, 0.2) is 36.4 Å². The first kappa shape index (κ1) is 26.2. The Hall–Kier alpha value is -3.10. The van der Waals surface area contributed by atoms with Gasteiger partial charge in [-0.1, -0.05) is 37.3 Å². The van der Waals surface area contributed by atoms with Crippen LogP contribution < -0.4 is 9.47 Å². The number of benzene rings is 2.